The average molecular weight is 295 g/mol. The first-order chi connectivity index (χ1) is 10.2. The molecule has 0 fully saturated rings. The summed E-state index contributed by atoms with van der Waals surface area (Å²) in [7, 11) is 3.35. The van der Waals surface area contributed by atoms with Crippen molar-refractivity contribution in [1.29, 1.82) is 0 Å². The van der Waals surface area contributed by atoms with Crippen LogP contribution in [0.2, 0.25) is 0 Å². The molecule has 0 unspecified atom stereocenters. The summed E-state index contributed by atoms with van der Waals surface area (Å²) < 4.78 is 4.94. The third-order valence-corrected chi connectivity index (χ3v) is 2.65. The second-order valence-electron chi connectivity index (χ2n) is 4.15. The van der Waals surface area contributed by atoms with Gasteiger partial charge in [-0.2, -0.15) is 0 Å². The molecule has 0 saturated carbocycles. The predicted molar refractivity (Wildman–Crippen MR) is 82.8 cm³/mol. The second-order valence-corrected chi connectivity index (χ2v) is 4.15. The van der Waals surface area contributed by atoms with Crippen LogP contribution in [-0.2, 0) is 4.74 Å². The van der Waals surface area contributed by atoms with Crippen LogP contribution in [0, 0.1) is 10.1 Å². The van der Waals surface area contributed by atoms with Crippen LogP contribution >= 0.6 is 0 Å². The Morgan fingerprint density at radius 1 is 1.24 bits per heavy atom. The van der Waals surface area contributed by atoms with E-state index < -0.39 is 4.92 Å². The molecule has 1 aromatic rings. The van der Waals surface area contributed by atoms with E-state index >= 15 is 0 Å². The number of aliphatic imine (C=N–C) groups is 1. The number of non-ortho nitro benzene ring substituents is 1. The molecule has 1 aromatic carbocycles. The summed E-state index contributed by atoms with van der Waals surface area (Å²) in [6.45, 7) is 2.64. The lowest BCUT2D eigenvalue weighted by atomic mass is 10.3. The van der Waals surface area contributed by atoms with Gasteiger partial charge in [0.1, 0.15) is 0 Å². The van der Waals surface area contributed by atoms with Gasteiger partial charge in [0.15, 0.2) is 5.96 Å². The van der Waals surface area contributed by atoms with Gasteiger partial charge >= 0.3 is 0 Å². The molecule has 21 heavy (non-hydrogen) atoms. The number of anilines is 1. The third kappa shape index (κ3) is 6.57. The SMILES string of the molecule is CN=C(NCCNc1ccc([N+](=O)[O-])cc1)NCCOC. The zero-order valence-corrected chi connectivity index (χ0v) is 12.3. The number of ether oxygens (including phenoxy) is 1. The molecule has 0 aliphatic carbocycles. The summed E-state index contributed by atoms with van der Waals surface area (Å²) >= 11 is 0. The highest BCUT2D eigenvalue weighted by atomic mass is 16.6. The molecule has 0 heterocycles. The molecule has 0 spiro atoms. The van der Waals surface area contributed by atoms with Crippen LogP contribution in [0.15, 0.2) is 29.3 Å². The minimum Gasteiger partial charge on any atom is -0.383 e. The Labute approximate surface area is 123 Å². The fourth-order valence-electron chi connectivity index (χ4n) is 1.58. The van der Waals surface area contributed by atoms with Gasteiger partial charge in [-0.1, -0.05) is 0 Å². The van der Waals surface area contributed by atoms with E-state index in [0.717, 1.165) is 5.69 Å². The lowest BCUT2D eigenvalue weighted by Gasteiger charge is -2.12. The van der Waals surface area contributed by atoms with Gasteiger partial charge in [0.2, 0.25) is 0 Å². The fourth-order valence-corrected chi connectivity index (χ4v) is 1.58. The van der Waals surface area contributed by atoms with Gasteiger partial charge in [0.25, 0.3) is 5.69 Å². The highest BCUT2D eigenvalue weighted by Gasteiger charge is 2.03. The lowest BCUT2D eigenvalue weighted by molar-refractivity contribution is -0.384. The summed E-state index contributed by atoms with van der Waals surface area (Å²) in [4.78, 5) is 14.2. The number of hydrogen-bond donors (Lipinski definition) is 3. The van der Waals surface area contributed by atoms with Crippen LogP contribution in [0.3, 0.4) is 0 Å². The first-order valence-electron chi connectivity index (χ1n) is 6.59. The van der Waals surface area contributed by atoms with E-state index in [-0.39, 0.29) is 5.69 Å². The maximum atomic E-state index is 10.5. The Bertz CT molecular complexity index is 461. The van der Waals surface area contributed by atoms with Gasteiger partial charge in [-0.25, -0.2) is 0 Å². The van der Waals surface area contributed by atoms with Crippen molar-refractivity contribution in [2.75, 3.05) is 45.7 Å². The number of nitrogens with zero attached hydrogens (tertiary/aromatic N) is 2. The summed E-state index contributed by atoms with van der Waals surface area (Å²) in [6, 6.07) is 6.32. The van der Waals surface area contributed by atoms with Crippen LogP contribution in [-0.4, -0.2) is 51.3 Å². The number of methoxy groups -OCH3 is 1. The molecule has 0 aliphatic heterocycles. The largest absolute Gasteiger partial charge is 0.383 e. The first kappa shape index (κ1) is 16.7. The van der Waals surface area contributed by atoms with Crippen molar-refractivity contribution in [2.24, 2.45) is 4.99 Å². The Hall–Kier alpha value is -2.35. The van der Waals surface area contributed by atoms with Gasteiger partial charge in [-0.05, 0) is 12.1 Å². The lowest BCUT2D eigenvalue weighted by Crippen LogP contribution is -2.40. The summed E-state index contributed by atoms with van der Waals surface area (Å²) in [5.41, 5.74) is 0.922. The van der Waals surface area contributed by atoms with Crippen molar-refractivity contribution < 1.29 is 9.66 Å². The summed E-state index contributed by atoms with van der Waals surface area (Å²) in [5, 5.41) is 19.9. The average Bonchev–Trinajstić information content (AvgIpc) is 2.50. The molecule has 8 heteroatoms. The maximum Gasteiger partial charge on any atom is 0.269 e. The van der Waals surface area contributed by atoms with Gasteiger partial charge in [-0.3, -0.25) is 15.1 Å². The summed E-state index contributed by atoms with van der Waals surface area (Å²) in [5.74, 6) is 0.706. The number of rotatable bonds is 8. The number of nitro groups is 1. The highest BCUT2D eigenvalue weighted by molar-refractivity contribution is 5.79. The molecular formula is C13H21N5O3. The molecule has 0 aliphatic rings. The van der Waals surface area contributed by atoms with Crippen molar-refractivity contribution in [1.82, 2.24) is 10.6 Å². The molecule has 0 aromatic heterocycles. The second kappa shape index (κ2) is 9.54. The highest BCUT2D eigenvalue weighted by Crippen LogP contribution is 2.14. The first-order valence-corrected chi connectivity index (χ1v) is 6.59. The van der Waals surface area contributed by atoms with E-state index in [1.807, 2.05) is 0 Å². The van der Waals surface area contributed by atoms with Gasteiger partial charge in [0.05, 0.1) is 11.5 Å². The molecule has 3 N–H and O–H groups in total. The quantitative estimate of drug-likeness (QED) is 0.216. The Balaban J connectivity index is 2.25. The fraction of sp³-hybridized carbons (Fsp3) is 0.462. The Kier molecular flexibility index (Phi) is 7.59. The van der Waals surface area contributed by atoms with Crippen molar-refractivity contribution in [2.45, 2.75) is 0 Å². The summed E-state index contributed by atoms with van der Waals surface area (Å²) in [6.07, 6.45) is 0. The zero-order chi connectivity index (χ0) is 15.5. The van der Waals surface area contributed by atoms with Crippen LogP contribution in [0.1, 0.15) is 0 Å². The van der Waals surface area contributed by atoms with Crippen molar-refractivity contribution in [3.63, 3.8) is 0 Å². The molecule has 0 saturated heterocycles. The number of nitro benzene ring substituents is 1. The topological polar surface area (TPSA) is 101 Å². The molecule has 0 bridgehead atoms. The van der Waals surface area contributed by atoms with Crippen molar-refractivity contribution in [3.8, 4) is 0 Å². The van der Waals surface area contributed by atoms with E-state index in [1.54, 1.807) is 26.3 Å². The Morgan fingerprint density at radius 2 is 1.90 bits per heavy atom. The van der Waals surface area contributed by atoms with Crippen LogP contribution < -0.4 is 16.0 Å². The normalized spacial score (nSPS) is 11.0. The van der Waals surface area contributed by atoms with E-state index in [9.17, 15) is 10.1 Å². The smallest absolute Gasteiger partial charge is 0.269 e. The van der Waals surface area contributed by atoms with Gasteiger partial charge < -0.3 is 20.7 Å². The number of nitrogens with one attached hydrogen (secondary N) is 3. The minimum atomic E-state index is -0.416. The predicted octanol–water partition coefficient (Wildman–Crippen LogP) is 0.818. The maximum absolute atomic E-state index is 10.5. The molecule has 1 rings (SSSR count). The molecular weight excluding hydrogens is 274 g/mol. The van der Waals surface area contributed by atoms with E-state index in [1.165, 1.54) is 12.1 Å². The number of hydrogen-bond acceptors (Lipinski definition) is 5. The van der Waals surface area contributed by atoms with Crippen molar-refractivity contribution >= 4 is 17.3 Å². The molecule has 8 nitrogen and oxygen atoms in total. The standard InChI is InChI=1S/C13H21N5O3/c1-14-13(17-9-10-21-2)16-8-7-15-11-3-5-12(6-4-11)18(19)20/h3-6,15H,7-10H2,1-2H3,(H2,14,16,17). The molecule has 0 radical (unpaired) electrons. The monoisotopic (exact) mass is 295 g/mol. The van der Waals surface area contributed by atoms with Crippen molar-refractivity contribution in [3.05, 3.63) is 34.4 Å². The van der Waals surface area contributed by atoms with Crippen LogP contribution in [0.25, 0.3) is 0 Å². The van der Waals surface area contributed by atoms with E-state index in [4.69, 9.17) is 4.74 Å². The van der Waals surface area contributed by atoms with Crippen LogP contribution in [0.4, 0.5) is 11.4 Å². The molecule has 0 atom stereocenters. The minimum absolute atomic E-state index is 0.0846. The van der Waals surface area contributed by atoms with Crippen LogP contribution in [0.5, 0.6) is 0 Å². The third-order valence-electron chi connectivity index (χ3n) is 2.65. The van der Waals surface area contributed by atoms with Gasteiger partial charge in [-0.15, -0.1) is 0 Å². The zero-order valence-electron chi connectivity index (χ0n) is 12.3. The van der Waals surface area contributed by atoms with E-state index in [0.29, 0.717) is 32.2 Å². The van der Waals surface area contributed by atoms with E-state index in [2.05, 4.69) is 20.9 Å². The van der Waals surface area contributed by atoms with Gasteiger partial charge in [0, 0.05) is 51.6 Å². The molecule has 0 amide bonds. The molecule has 116 valence electrons. The number of benzene rings is 1. The Morgan fingerprint density at radius 3 is 2.48 bits per heavy atom. The number of guanidine groups is 1.